The van der Waals surface area contributed by atoms with E-state index in [9.17, 15) is 9.59 Å². The summed E-state index contributed by atoms with van der Waals surface area (Å²) in [6, 6.07) is 1.91. The first-order valence-corrected chi connectivity index (χ1v) is 10.9. The molecule has 2 amide bonds. The molecule has 1 aromatic heterocycles. The smallest absolute Gasteiger partial charge is 0.228 e. The number of rotatable bonds is 5. The number of morpholine rings is 1. The number of amides is 2. The van der Waals surface area contributed by atoms with Crippen LogP contribution < -0.4 is 10.2 Å². The number of carbonyl (C=O) groups is 2. The van der Waals surface area contributed by atoms with E-state index >= 15 is 0 Å². The molecule has 0 spiro atoms. The Morgan fingerprint density at radius 1 is 1.17 bits per heavy atom. The van der Waals surface area contributed by atoms with Gasteiger partial charge in [0.2, 0.25) is 17.8 Å². The summed E-state index contributed by atoms with van der Waals surface area (Å²) in [6.45, 7) is 8.70. The highest BCUT2D eigenvalue weighted by Crippen LogP contribution is 2.34. The molecule has 3 atom stereocenters. The summed E-state index contributed by atoms with van der Waals surface area (Å²) in [7, 11) is 0. The minimum absolute atomic E-state index is 0.0282. The molecule has 30 heavy (non-hydrogen) atoms. The predicted octanol–water partition coefficient (Wildman–Crippen LogP) is 0.416. The van der Waals surface area contributed by atoms with Crippen molar-refractivity contribution in [2.75, 3.05) is 57.5 Å². The monoisotopic (exact) mass is 417 g/mol. The second-order valence-corrected chi connectivity index (χ2v) is 8.56. The first-order chi connectivity index (χ1) is 14.5. The summed E-state index contributed by atoms with van der Waals surface area (Å²) in [5.41, 5.74) is 0.813. The van der Waals surface area contributed by atoms with Crippen LogP contribution in [0.15, 0.2) is 12.3 Å². The lowest BCUT2D eigenvalue weighted by Crippen LogP contribution is -2.40. The number of anilines is 1. The van der Waals surface area contributed by atoms with E-state index in [1.54, 1.807) is 6.20 Å². The van der Waals surface area contributed by atoms with Gasteiger partial charge >= 0.3 is 0 Å². The molecule has 1 aromatic rings. The van der Waals surface area contributed by atoms with Gasteiger partial charge in [0, 0.05) is 50.9 Å². The zero-order chi connectivity index (χ0) is 21.1. The number of hydrogen-bond donors (Lipinski definition) is 1. The normalized spacial score (nSPS) is 27.0. The summed E-state index contributed by atoms with van der Waals surface area (Å²) in [5.74, 6) is 0.128. The molecular weight excluding hydrogens is 386 g/mol. The van der Waals surface area contributed by atoms with Crippen LogP contribution >= 0.6 is 0 Å². The molecule has 4 heterocycles. The van der Waals surface area contributed by atoms with Gasteiger partial charge in [-0.25, -0.2) is 9.97 Å². The molecule has 1 N–H and O–H groups in total. The van der Waals surface area contributed by atoms with Crippen LogP contribution in [0, 0.1) is 11.8 Å². The molecule has 0 unspecified atom stereocenters. The van der Waals surface area contributed by atoms with Gasteiger partial charge in [0.1, 0.15) is 0 Å². The second kappa shape index (κ2) is 9.26. The quantitative estimate of drug-likeness (QED) is 0.741. The Morgan fingerprint density at radius 3 is 2.67 bits per heavy atom. The van der Waals surface area contributed by atoms with Gasteiger partial charge in [-0.05, 0) is 26.3 Å². The third-order valence-electron chi connectivity index (χ3n) is 6.02. The van der Waals surface area contributed by atoms with E-state index in [4.69, 9.17) is 14.5 Å². The maximum absolute atomic E-state index is 13.0. The van der Waals surface area contributed by atoms with Gasteiger partial charge in [-0.1, -0.05) is 0 Å². The van der Waals surface area contributed by atoms with Crippen LogP contribution in [0.4, 0.5) is 5.95 Å². The third-order valence-corrected chi connectivity index (χ3v) is 6.02. The number of nitrogens with one attached hydrogen (secondary N) is 1. The summed E-state index contributed by atoms with van der Waals surface area (Å²) in [6.07, 6.45) is 2.50. The average molecular weight is 418 g/mol. The van der Waals surface area contributed by atoms with Gasteiger partial charge < -0.3 is 24.6 Å². The van der Waals surface area contributed by atoms with Crippen molar-refractivity contribution in [1.82, 2.24) is 20.2 Å². The minimum atomic E-state index is -0.328. The summed E-state index contributed by atoms with van der Waals surface area (Å²) < 4.78 is 10.8. The molecular formula is C21H31N5O4. The van der Waals surface area contributed by atoms with Crippen LogP contribution in [0.5, 0.6) is 0 Å². The van der Waals surface area contributed by atoms with Gasteiger partial charge in [0.25, 0.3) is 0 Å². The minimum Gasteiger partial charge on any atom is -0.381 e. The van der Waals surface area contributed by atoms with E-state index in [1.807, 2.05) is 24.8 Å². The summed E-state index contributed by atoms with van der Waals surface area (Å²) in [5, 5.41) is 3.02. The van der Waals surface area contributed by atoms with E-state index in [-0.39, 0.29) is 35.6 Å². The number of hydrogen-bond acceptors (Lipinski definition) is 7. The van der Waals surface area contributed by atoms with Crippen LogP contribution in [0.2, 0.25) is 0 Å². The fourth-order valence-electron chi connectivity index (χ4n) is 4.41. The number of nitrogens with zero attached hydrogens (tertiary/aromatic N) is 4. The number of aromatic nitrogens is 2. The molecule has 0 saturated carbocycles. The number of carbonyl (C=O) groups excluding carboxylic acids is 2. The lowest BCUT2D eigenvalue weighted by atomic mass is 9.91. The van der Waals surface area contributed by atoms with Crippen molar-refractivity contribution in [2.45, 2.75) is 32.2 Å². The average Bonchev–Trinajstić information content (AvgIpc) is 3.44. The van der Waals surface area contributed by atoms with Gasteiger partial charge in [-0.2, -0.15) is 0 Å². The summed E-state index contributed by atoms with van der Waals surface area (Å²) >= 11 is 0. The Kier molecular flexibility index (Phi) is 6.48. The maximum Gasteiger partial charge on any atom is 0.228 e. The van der Waals surface area contributed by atoms with Crippen molar-refractivity contribution in [3.63, 3.8) is 0 Å². The van der Waals surface area contributed by atoms with E-state index in [0.717, 1.165) is 25.2 Å². The van der Waals surface area contributed by atoms with Crippen molar-refractivity contribution in [3.8, 4) is 0 Å². The van der Waals surface area contributed by atoms with Gasteiger partial charge in [0.05, 0.1) is 37.4 Å². The zero-order valence-corrected chi connectivity index (χ0v) is 17.7. The molecule has 164 valence electrons. The van der Waals surface area contributed by atoms with E-state index < -0.39 is 0 Å². The molecule has 3 fully saturated rings. The largest absolute Gasteiger partial charge is 0.381 e. The predicted molar refractivity (Wildman–Crippen MR) is 110 cm³/mol. The van der Waals surface area contributed by atoms with Gasteiger partial charge in [-0.15, -0.1) is 0 Å². The van der Waals surface area contributed by atoms with Crippen LogP contribution in [0.1, 0.15) is 31.9 Å². The van der Waals surface area contributed by atoms with Crippen LogP contribution in [0.3, 0.4) is 0 Å². The van der Waals surface area contributed by atoms with Crippen LogP contribution in [-0.4, -0.2) is 85.3 Å². The first kappa shape index (κ1) is 21.0. The lowest BCUT2D eigenvalue weighted by Gasteiger charge is -2.27. The zero-order valence-electron chi connectivity index (χ0n) is 17.7. The molecule has 9 nitrogen and oxygen atoms in total. The van der Waals surface area contributed by atoms with E-state index in [2.05, 4.69) is 15.2 Å². The van der Waals surface area contributed by atoms with Gasteiger partial charge in [-0.3, -0.25) is 9.59 Å². The first-order valence-electron chi connectivity index (χ1n) is 10.9. The number of ether oxygens (including phenoxy) is 2. The SMILES string of the molecule is CC(C)NC(=O)[C@H]1CN(C(=O)[C@@H]2CCOC2)C[C@@H]1c1ccnc(N2CCOCC2)n1. The summed E-state index contributed by atoms with van der Waals surface area (Å²) in [4.78, 5) is 39.1. The standard InChI is InChI=1S/C21H31N5O4/c1-14(2)23-19(27)17-12-26(20(28)15-4-8-30-13-15)11-16(17)18-3-5-22-21(24-18)25-6-9-29-10-7-25/h3,5,14-17H,4,6-13H2,1-2H3,(H,23,27)/t15-,16+,17+/m1/s1. The lowest BCUT2D eigenvalue weighted by molar-refractivity contribution is -0.134. The van der Waals surface area contributed by atoms with Crippen molar-refractivity contribution in [2.24, 2.45) is 11.8 Å². The molecule has 3 aliphatic rings. The molecule has 9 heteroatoms. The number of likely N-dealkylation sites (tertiary alicyclic amines) is 1. The third kappa shape index (κ3) is 4.57. The Bertz CT molecular complexity index is 762. The molecule has 4 rings (SSSR count). The van der Waals surface area contributed by atoms with E-state index in [1.165, 1.54) is 0 Å². The fourth-order valence-corrected chi connectivity index (χ4v) is 4.41. The van der Waals surface area contributed by atoms with E-state index in [0.29, 0.717) is 45.5 Å². The second-order valence-electron chi connectivity index (χ2n) is 8.56. The van der Waals surface area contributed by atoms with Crippen molar-refractivity contribution in [3.05, 3.63) is 18.0 Å². The Hall–Kier alpha value is -2.26. The van der Waals surface area contributed by atoms with Crippen molar-refractivity contribution in [1.29, 1.82) is 0 Å². The highest BCUT2D eigenvalue weighted by atomic mass is 16.5. The maximum atomic E-state index is 13.0. The molecule has 3 saturated heterocycles. The Morgan fingerprint density at radius 2 is 1.97 bits per heavy atom. The van der Waals surface area contributed by atoms with Gasteiger partial charge in [0.15, 0.2) is 0 Å². The molecule has 0 radical (unpaired) electrons. The highest BCUT2D eigenvalue weighted by molar-refractivity contribution is 5.84. The van der Waals surface area contributed by atoms with Crippen molar-refractivity contribution >= 4 is 17.8 Å². The molecule has 0 bridgehead atoms. The topological polar surface area (TPSA) is 96.9 Å². The Labute approximate surface area is 177 Å². The van der Waals surface area contributed by atoms with Crippen LogP contribution in [0.25, 0.3) is 0 Å². The molecule has 3 aliphatic heterocycles. The van der Waals surface area contributed by atoms with Crippen LogP contribution in [-0.2, 0) is 19.1 Å². The fraction of sp³-hybridized carbons (Fsp3) is 0.714. The molecule has 0 aromatic carbocycles. The molecule has 0 aliphatic carbocycles. The highest BCUT2D eigenvalue weighted by Gasteiger charge is 2.43. The van der Waals surface area contributed by atoms with Crippen molar-refractivity contribution < 1.29 is 19.1 Å². The Balaban J connectivity index is 1.56.